The summed E-state index contributed by atoms with van der Waals surface area (Å²) in [4.78, 5) is 22.9. The third-order valence-electron chi connectivity index (χ3n) is 11.8. The number of hydrogen-bond donors (Lipinski definition) is 0. The van der Waals surface area contributed by atoms with Crippen molar-refractivity contribution >= 4 is 21.9 Å². The predicted molar refractivity (Wildman–Crippen MR) is 269 cm³/mol. The maximum atomic E-state index is 6.11. The number of furan rings is 1. The van der Waals surface area contributed by atoms with E-state index in [2.05, 4.69) is 151 Å². The van der Waals surface area contributed by atoms with Gasteiger partial charge in [0.25, 0.3) is 0 Å². The zero-order valence-electron chi connectivity index (χ0n) is 37.6. The van der Waals surface area contributed by atoms with Gasteiger partial charge >= 0.3 is 20.1 Å². The number of imidazole rings is 1. The van der Waals surface area contributed by atoms with Gasteiger partial charge in [0, 0.05) is 34.6 Å². The number of benzene rings is 6. The van der Waals surface area contributed by atoms with Gasteiger partial charge in [-0.3, -0.25) is 15.0 Å². The minimum atomic E-state index is 0. The molecule has 67 heavy (non-hydrogen) atoms. The van der Waals surface area contributed by atoms with Gasteiger partial charge in [0.05, 0.1) is 5.69 Å². The summed E-state index contributed by atoms with van der Waals surface area (Å²) in [6.45, 7) is 9.08. The van der Waals surface area contributed by atoms with E-state index in [1.165, 1.54) is 27.8 Å². The van der Waals surface area contributed by atoms with Gasteiger partial charge in [0.15, 0.2) is 0 Å². The van der Waals surface area contributed by atoms with Crippen LogP contribution in [0.2, 0.25) is 0 Å². The molecular formula is C60H46IrN5O. The van der Waals surface area contributed by atoms with E-state index in [1.807, 2.05) is 78.9 Å². The van der Waals surface area contributed by atoms with E-state index in [0.717, 1.165) is 78.1 Å². The summed E-state index contributed by atoms with van der Waals surface area (Å²) >= 11 is 0. The number of aromatic nitrogens is 5. The molecular weight excluding hydrogens is 999 g/mol. The number of fused-ring (bicyclic) bond motifs is 3. The van der Waals surface area contributed by atoms with Crippen LogP contribution in [-0.4, -0.2) is 19.9 Å². The number of pyridine rings is 3. The van der Waals surface area contributed by atoms with Crippen LogP contribution >= 0.6 is 0 Å². The zero-order valence-corrected chi connectivity index (χ0v) is 40.0. The molecule has 6 nitrogen and oxygen atoms in total. The van der Waals surface area contributed by atoms with Gasteiger partial charge in [0.1, 0.15) is 11.2 Å². The van der Waals surface area contributed by atoms with Crippen molar-refractivity contribution in [3.8, 4) is 78.7 Å². The molecule has 5 heterocycles. The number of para-hydroxylation sites is 1. The van der Waals surface area contributed by atoms with E-state index in [9.17, 15) is 0 Å². The second-order valence-electron chi connectivity index (χ2n) is 16.9. The van der Waals surface area contributed by atoms with Gasteiger partial charge in [-0.15, -0.1) is 54.1 Å². The monoisotopic (exact) mass is 1050 g/mol. The SMILES string of the molecule is CC(C)c1cc(-c2ccccc2)cc(C(C)C)c1-c1cc(-c2[c-]cccc2)nc(-c2ncc[n-]2)c1.[Ir+3].[c-]1c(-c2ccccn2)cc(-c2ccc3c(c2)oc2ccccc23)cc1-c1ccccn1. The van der Waals surface area contributed by atoms with Crippen LogP contribution < -0.4 is 4.98 Å². The first-order valence-electron chi connectivity index (χ1n) is 22.3. The molecule has 11 aromatic rings. The maximum absolute atomic E-state index is 6.11. The van der Waals surface area contributed by atoms with Gasteiger partial charge in [-0.1, -0.05) is 154 Å². The largest absolute Gasteiger partial charge is 3.00 e. The van der Waals surface area contributed by atoms with E-state index >= 15 is 0 Å². The van der Waals surface area contributed by atoms with Crippen molar-refractivity contribution in [2.24, 2.45) is 0 Å². The first-order chi connectivity index (χ1) is 32.4. The summed E-state index contributed by atoms with van der Waals surface area (Å²) in [5.41, 5.74) is 17.7. The molecule has 0 saturated heterocycles. The van der Waals surface area contributed by atoms with E-state index in [0.29, 0.717) is 17.7 Å². The maximum Gasteiger partial charge on any atom is 3.00 e. The normalized spacial score (nSPS) is 11.1. The summed E-state index contributed by atoms with van der Waals surface area (Å²) in [6, 6.07) is 65.1. The average Bonchev–Trinajstić information content (AvgIpc) is 4.06. The number of hydrogen-bond acceptors (Lipinski definition) is 5. The summed E-state index contributed by atoms with van der Waals surface area (Å²) in [5, 5.41) is 2.26. The molecule has 5 aromatic heterocycles. The number of nitrogens with zero attached hydrogens (tertiary/aromatic N) is 5. The quantitative estimate of drug-likeness (QED) is 0.134. The van der Waals surface area contributed by atoms with Gasteiger partial charge in [-0.2, -0.15) is 0 Å². The average molecular weight is 1050 g/mol. The Morgan fingerprint density at radius 2 is 1.09 bits per heavy atom. The minimum absolute atomic E-state index is 0. The Morgan fingerprint density at radius 1 is 0.463 bits per heavy atom. The first-order valence-corrected chi connectivity index (χ1v) is 22.3. The second-order valence-corrected chi connectivity index (χ2v) is 16.9. The Bertz CT molecular complexity index is 3320. The van der Waals surface area contributed by atoms with Crippen LogP contribution in [0.5, 0.6) is 0 Å². The smallest absolute Gasteiger partial charge is 0.456 e. The molecule has 0 atom stereocenters. The summed E-state index contributed by atoms with van der Waals surface area (Å²) in [5.74, 6) is 1.34. The van der Waals surface area contributed by atoms with Crippen LogP contribution in [-0.2, 0) is 20.1 Å². The van der Waals surface area contributed by atoms with E-state index in [1.54, 1.807) is 24.8 Å². The first kappa shape index (κ1) is 44.6. The van der Waals surface area contributed by atoms with E-state index in [-0.39, 0.29) is 20.1 Å². The standard InChI is InChI=1S/C32H29N3.C28H17N2O.Ir/c1-21(2)27-17-25(23-11-7-5-8-12-23)18-28(22(3)4)31(27)26-19-29(24-13-9-6-10-14-24)35-30(20-26)32-33-15-16-34-32;1-2-10-27-23(7-1)24-12-11-19(18-28(24)31-27)20-15-21(25-8-3-5-13-29-25)17-22(16-20)26-9-4-6-14-30-26;/h5-13,15-22H,1-4H3;1-16,18H;/q-2;-1;+3. The Morgan fingerprint density at radius 3 is 1.72 bits per heavy atom. The molecule has 7 heteroatoms. The molecule has 0 unspecified atom stereocenters. The molecule has 0 N–H and O–H groups in total. The molecule has 6 aromatic carbocycles. The fourth-order valence-electron chi connectivity index (χ4n) is 8.54. The molecule has 0 amide bonds. The van der Waals surface area contributed by atoms with Crippen molar-refractivity contribution < 1.29 is 24.5 Å². The van der Waals surface area contributed by atoms with Crippen molar-refractivity contribution in [1.29, 1.82) is 0 Å². The number of rotatable bonds is 9. The van der Waals surface area contributed by atoms with Gasteiger partial charge < -0.3 is 14.4 Å². The van der Waals surface area contributed by atoms with Crippen LogP contribution in [0.15, 0.2) is 199 Å². The van der Waals surface area contributed by atoms with Crippen LogP contribution in [0, 0.1) is 12.1 Å². The minimum Gasteiger partial charge on any atom is -0.456 e. The van der Waals surface area contributed by atoms with Crippen molar-refractivity contribution in [3.05, 3.63) is 218 Å². The molecule has 326 valence electrons. The Labute approximate surface area is 405 Å². The van der Waals surface area contributed by atoms with Crippen LogP contribution in [0.4, 0.5) is 0 Å². The van der Waals surface area contributed by atoms with Crippen LogP contribution in [0.25, 0.3) is 101 Å². The molecule has 0 aliphatic carbocycles. The van der Waals surface area contributed by atoms with E-state index < -0.39 is 0 Å². The summed E-state index contributed by atoms with van der Waals surface area (Å²) in [6.07, 6.45) is 7.03. The Kier molecular flexibility index (Phi) is 13.2. The Hall–Kier alpha value is -7.57. The zero-order chi connectivity index (χ0) is 45.0. The third kappa shape index (κ3) is 9.57. The fraction of sp³-hybridized carbons (Fsp3) is 0.100. The molecule has 0 aliphatic heterocycles. The van der Waals surface area contributed by atoms with Crippen molar-refractivity contribution in [2.45, 2.75) is 39.5 Å². The summed E-state index contributed by atoms with van der Waals surface area (Å²) in [7, 11) is 0. The third-order valence-corrected chi connectivity index (χ3v) is 11.8. The summed E-state index contributed by atoms with van der Waals surface area (Å²) < 4.78 is 6.11. The van der Waals surface area contributed by atoms with Gasteiger partial charge in [0.2, 0.25) is 0 Å². The topological polar surface area (TPSA) is 78.8 Å². The predicted octanol–water partition coefficient (Wildman–Crippen LogP) is 15.3. The molecule has 0 aliphatic rings. The molecule has 0 spiro atoms. The molecule has 0 bridgehead atoms. The van der Waals surface area contributed by atoms with Crippen molar-refractivity contribution in [2.75, 3.05) is 0 Å². The van der Waals surface area contributed by atoms with Gasteiger partial charge in [-0.25, -0.2) is 0 Å². The van der Waals surface area contributed by atoms with Crippen LogP contribution in [0.3, 0.4) is 0 Å². The van der Waals surface area contributed by atoms with Crippen molar-refractivity contribution in [3.63, 3.8) is 0 Å². The molecule has 0 saturated carbocycles. The van der Waals surface area contributed by atoms with Gasteiger partial charge in [-0.05, 0) is 98.7 Å². The fourth-order valence-corrected chi connectivity index (χ4v) is 8.54. The molecule has 11 rings (SSSR count). The second kappa shape index (κ2) is 19.9. The molecule has 0 fully saturated rings. The van der Waals surface area contributed by atoms with Crippen LogP contribution in [0.1, 0.15) is 50.7 Å². The Balaban J connectivity index is 0.000000166. The molecule has 0 radical (unpaired) electrons. The van der Waals surface area contributed by atoms with E-state index in [4.69, 9.17) is 9.40 Å². The van der Waals surface area contributed by atoms with Crippen molar-refractivity contribution in [1.82, 2.24) is 24.9 Å².